The molecule has 1 aromatic carbocycles. The SMILES string of the molecule is CCOC(=O)c1sc(NC(=O)CSc2nnc(-c3cc(Cl)ccc3OC)n2C)c(C(=O)OCC)c1C. The number of rotatable bonds is 10. The van der Waals surface area contributed by atoms with Crippen LogP contribution in [0.4, 0.5) is 5.00 Å². The Hall–Kier alpha value is -3.09. The van der Waals surface area contributed by atoms with Gasteiger partial charge >= 0.3 is 11.9 Å². The molecule has 1 amide bonds. The van der Waals surface area contributed by atoms with Gasteiger partial charge in [0.15, 0.2) is 11.0 Å². The summed E-state index contributed by atoms with van der Waals surface area (Å²) in [6, 6.07) is 5.18. The normalized spacial score (nSPS) is 10.7. The predicted molar refractivity (Wildman–Crippen MR) is 138 cm³/mol. The zero-order chi connectivity index (χ0) is 26.4. The number of nitrogens with one attached hydrogen (secondary N) is 1. The standard InChI is InChI=1S/C23H25ClN4O6S2/c1-6-33-21(30)17-12(3)18(22(31)34-7-2)36-20(17)25-16(29)11-35-23-27-26-19(28(23)4)14-10-13(24)8-9-15(14)32-5/h8-10H,6-7,11H2,1-5H3,(H,25,29). The van der Waals surface area contributed by atoms with Gasteiger partial charge in [-0.15, -0.1) is 21.5 Å². The summed E-state index contributed by atoms with van der Waals surface area (Å²) in [6.07, 6.45) is 0. The summed E-state index contributed by atoms with van der Waals surface area (Å²) in [6.45, 7) is 5.31. The maximum atomic E-state index is 12.8. The van der Waals surface area contributed by atoms with Crippen molar-refractivity contribution in [1.29, 1.82) is 0 Å². The monoisotopic (exact) mass is 552 g/mol. The van der Waals surface area contributed by atoms with Crippen molar-refractivity contribution in [3.63, 3.8) is 0 Å². The van der Waals surface area contributed by atoms with Gasteiger partial charge in [0.05, 0.1) is 37.2 Å². The number of thiophene rings is 1. The molecule has 0 bridgehead atoms. The number of carbonyl (C=O) groups is 3. The molecule has 0 radical (unpaired) electrons. The first-order valence-corrected chi connectivity index (χ1v) is 13.0. The minimum Gasteiger partial charge on any atom is -0.496 e. The van der Waals surface area contributed by atoms with Crippen LogP contribution in [0.1, 0.15) is 39.4 Å². The van der Waals surface area contributed by atoms with Gasteiger partial charge in [-0.05, 0) is 44.5 Å². The van der Waals surface area contributed by atoms with Crippen LogP contribution < -0.4 is 10.1 Å². The lowest BCUT2D eigenvalue weighted by atomic mass is 10.1. The molecule has 0 aliphatic rings. The van der Waals surface area contributed by atoms with Crippen LogP contribution in [0.2, 0.25) is 5.02 Å². The summed E-state index contributed by atoms with van der Waals surface area (Å²) in [5.74, 6) is -0.503. The van der Waals surface area contributed by atoms with E-state index in [9.17, 15) is 14.4 Å². The maximum Gasteiger partial charge on any atom is 0.348 e. The van der Waals surface area contributed by atoms with E-state index < -0.39 is 17.8 Å². The number of ether oxygens (including phenoxy) is 3. The van der Waals surface area contributed by atoms with Crippen LogP contribution in [0.5, 0.6) is 5.75 Å². The molecule has 0 aliphatic carbocycles. The number of methoxy groups -OCH3 is 1. The summed E-state index contributed by atoms with van der Waals surface area (Å²) in [7, 11) is 3.32. The number of hydrogen-bond acceptors (Lipinski definition) is 10. The number of anilines is 1. The van der Waals surface area contributed by atoms with Crippen LogP contribution in [-0.2, 0) is 21.3 Å². The molecule has 1 N–H and O–H groups in total. The van der Waals surface area contributed by atoms with Crippen molar-refractivity contribution in [1.82, 2.24) is 14.8 Å². The number of halogens is 1. The highest BCUT2D eigenvalue weighted by Gasteiger charge is 2.27. The fourth-order valence-electron chi connectivity index (χ4n) is 3.26. The van der Waals surface area contributed by atoms with Gasteiger partial charge in [0.25, 0.3) is 0 Å². The van der Waals surface area contributed by atoms with Crippen molar-refractivity contribution < 1.29 is 28.6 Å². The molecule has 36 heavy (non-hydrogen) atoms. The Bertz CT molecular complexity index is 1290. The summed E-state index contributed by atoms with van der Waals surface area (Å²) < 4.78 is 17.3. The lowest BCUT2D eigenvalue weighted by molar-refractivity contribution is -0.113. The number of amides is 1. The number of esters is 2. The van der Waals surface area contributed by atoms with Gasteiger partial charge in [-0.3, -0.25) is 4.79 Å². The average molecular weight is 553 g/mol. The van der Waals surface area contributed by atoms with Crippen LogP contribution in [0.15, 0.2) is 23.4 Å². The summed E-state index contributed by atoms with van der Waals surface area (Å²) >= 11 is 8.27. The number of aromatic nitrogens is 3. The average Bonchev–Trinajstić information content (AvgIpc) is 3.37. The second-order valence-corrected chi connectivity index (χ2v) is 9.65. The molecule has 10 nitrogen and oxygen atoms in total. The van der Waals surface area contributed by atoms with Crippen molar-refractivity contribution in [3.05, 3.63) is 39.2 Å². The van der Waals surface area contributed by atoms with Crippen molar-refractivity contribution >= 4 is 57.5 Å². The summed E-state index contributed by atoms with van der Waals surface area (Å²) in [5, 5.41) is 12.3. The largest absolute Gasteiger partial charge is 0.496 e. The first kappa shape index (κ1) is 27.5. The Balaban J connectivity index is 1.78. The minimum absolute atomic E-state index is 0.0212. The van der Waals surface area contributed by atoms with E-state index in [0.717, 1.165) is 23.1 Å². The number of carbonyl (C=O) groups excluding carboxylic acids is 3. The maximum absolute atomic E-state index is 12.8. The predicted octanol–water partition coefficient (Wildman–Crippen LogP) is 4.60. The van der Waals surface area contributed by atoms with E-state index in [1.54, 1.807) is 57.7 Å². The fraction of sp³-hybridized carbons (Fsp3) is 0.348. The molecule has 0 fully saturated rings. The van der Waals surface area contributed by atoms with Crippen molar-refractivity contribution in [3.8, 4) is 17.1 Å². The molecule has 3 aromatic rings. The lowest BCUT2D eigenvalue weighted by Gasteiger charge is -2.09. The van der Waals surface area contributed by atoms with Gasteiger partial charge in [-0.2, -0.15) is 0 Å². The van der Waals surface area contributed by atoms with E-state index >= 15 is 0 Å². The van der Waals surface area contributed by atoms with Crippen LogP contribution in [0, 0.1) is 6.92 Å². The van der Waals surface area contributed by atoms with Gasteiger partial charge in [0, 0.05) is 12.1 Å². The van der Waals surface area contributed by atoms with E-state index in [-0.39, 0.29) is 34.4 Å². The Morgan fingerprint density at radius 3 is 2.50 bits per heavy atom. The first-order valence-electron chi connectivity index (χ1n) is 10.8. The van der Waals surface area contributed by atoms with Gasteiger partial charge in [0.1, 0.15) is 15.6 Å². The van der Waals surface area contributed by atoms with Crippen molar-refractivity contribution in [2.24, 2.45) is 7.05 Å². The van der Waals surface area contributed by atoms with E-state index in [2.05, 4.69) is 15.5 Å². The van der Waals surface area contributed by atoms with Crippen LogP contribution >= 0.6 is 34.7 Å². The van der Waals surface area contributed by atoms with Gasteiger partial charge in [-0.1, -0.05) is 23.4 Å². The highest BCUT2D eigenvalue weighted by atomic mass is 35.5. The van der Waals surface area contributed by atoms with E-state index in [4.69, 9.17) is 25.8 Å². The fourth-order valence-corrected chi connectivity index (χ4v) is 5.25. The van der Waals surface area contributed by atoms with Gasteiger partial charge in [-0.25, -0.2) is 9.59 Å². The Morgan fingerprint density at radius 1 is 1.14 bits per heavy atom. The Morgan fingerprint density at radius 2 is 1.83 bits per heavy atom. The van der Waals surface area contributed by atoms with Crippen molar-refractivity contribution in [2.75, 3.05) is 31.4 Å². The number of thioether (sulfide) groups is 1. The first-order chi connectivity index (χ1) is 17.2. The molecular weight excluding hydrogens is 528 g/mol. The zero-order valence-corrected chi connectivity index (χ0v) is 22.7. The molecule has 0 unspecified atom stereocenters. The Labute approximate surface area is 221 Å². The quantitative estimate of drug-likeness (QED) is 0.284. The van der Waals surface area contributed by atoms with E-state index in [1.165, 1.54) is 0 Å². The number of nitrogens with zero attached hydrogens (tertiary/aromatic N) is 3. The molecule has 0 saturated heterocycles. The van der Waals surface area contributed by atoms with Crippen LogP contribution in [0.3, 0.4) is 0 Å². The molecule has 2 aromatic heterocycles. The third-order valence-corrected chi connectivity index (χ3v) is 7.35. The lowest BCUT2D eigenvalue weighted by Crippen LogP contribution is -2.16. The molecule has 0 atom stereocenters. The Kier molecular flexibility index (Phi) is 9.35. The number of benzene rings is 1. The summed E-state index contributed by atoms with van der Waals surface area (Å²) in [4.78, 5) is 37.9. The van der Waals surface area contributed by atoms with Crippen LogP contribution in [0.25, 0.3) is 11.4 Å². The van der Waals surface area contributed by atoms with Gasteiger partial charge in [0.2, 0.25) is 5.91 Å². The van der Waals surface area contributed by atoms with Gasteiger partial charge < -0.3 is 24.1 Å². The second-order valence-electron chi connectivity index (χ2n) is 7.25. The zero-order valence-electron chi connectivity index (χ0n) is 20.3. The third-order valence-electron chi connectivity index (χ3n) is 4.91. The highest BCUT2D eigenvalue weighted by molar-refractivity contribution is 7.99. The highest BCUT2D eigenvalue weighted by Crippen LogP contribution is 2.35. The molecule has 0 spiro atoms. The third kappa shape index (κ3) is 6.00. The van der Waals surface area contributed by atoms with Crippen LogP contribution in [-0.4, -0.2) is 58.7 Å². The molecule has 3 rings (SSSR count). The number of hydrogen-bond donors (Lipinski definition) is 1. The summed E-state index contributed by atoms with van der Waals surface area (Å²) in [5.41, 5.74) is 1.20. The minimum atomic E-state index is -0.627. The molecule has 2 heterocycles. The topological polar surface area (TPSA) is 122 Å². The molecular formula is C23H25ClN4O6S2. The molecule has 192 valence electrons. The smallest absolute Gasteiger partial charge is 0.348 e. The molecule has 0 aliphatic heterocycles. The molecule has 13 heteroatoms. The van der Waals surface area contributed by atoms with E-state index in [1.807, 2.05) is 0 Å². The van der Waals surface area contributed by atoms with E-state index in [0.29, 0.717) is 32.9 Å². The molecule has 0 saturated carbocycles. The second kappa shape index (κ2) is 12.2. The van der Waals surface area contributed by atoms with Crippen molar-refractivity contribution in [2.45, 2.75) is 25.9 Å².